The second kappa shape index (κ2) is 12.9. The third kappa shape index (κ3) is 22.8. The molecule has 0 bridgehead atoms. The van der Waals surface area contributed by atoms with Gasteiger partial charge in [-0.05, 0) is 0 Å². The molecule has 0 aliphatic heterocycles. The van der Waals surface area contributed by atoms with E-state index in [-0.39, 0.29) is 28.5 Å². The lowest BCUT2D eigenvalue weighted by atomic mass is 10.8. The molecule has 0 aliphatic carbocycles. The average molecular weight is 184 g/mol. The van der Waals surface area contributed by atoms with Gasteiger partial charge in [-0.1, -0.05) is 0 Å². The van der Waals surface area contributed by atoms with E-state index < -0.39 is 5.97 Å². The summed E-state index contributed by atoms with van der Waals surface area (Å²) in [6, 6.07) is 0. The summed E-state index contributed by atoms with van der Waals surface area (Å²) in [5.74, 6) is -0.833. The highest BCUT2D eigenvalue weighted by Gasteiger charge is 1.65. The van der Waals surface area contributed by atoms with Crippen molar-refractivity contribution in [2.75, 3.05) is 0 Å². The van der Waals surface area contributed by atoms with Gasteiger partial charge in [0, 0.05) is 31.7 Å². The Balaban J connectivity index is -0.000000124. The number of rotatable bonds is 0. The Morgan fingerprint density at radius 1 is 1.17 bits per heavy atom. The van der Waals surface area contributed by atoms with E-state index in [4.69, 9.17) is 9.90 Å². The molecule has 0 atom stereocenters. The first-order valence-electron chi connectivity index (χ1n) is 2.63. The molecule has 12 heavy (non-hydrogen) atoms. The molecule has 0 radical (unpaired) electrons. The maximum Gasteiger partial charge on any atom is 0.316 e. The van der Waals surface area contributed by atoms with Crippen LogP contribution in [0.1, 0.15) is 6.92 Å². The van der Waals surface area contributed by atoms with Gasteiger partial charge in [-0.3, -0.25) is 14.8 Å². The molecule has 0 fully saturated rings. The van der Waals surface area contributed by atoms with Crippen molar-refractivity contribution in [2.24, 2.45) is 0 Å². The number of carboxylic acids is 1. The smallest absolute Gasteiger partial charge is 0.316 e. The fourth-order valence-electron chi connectivity index (χ4n) is 0.253. The number of nitrogens with zero attached hydrogens (tertiary/aromatic N) is 2. The quantitative estimate of drug-likeness (QED) is 0.514. The molecule has 1 aromatic rings. The maximum absolute atomic E-state index is 9.00. The van der Waals surface area contributed by atoms with E-state index in [1.807, 2.05) is 0 Å². The summed E-state index contributed by atoms with van der Waals surface area (Å²) in [6.45, 7) is 1.08. The van der Waals surface area contributed by atoms with Crippen LogP contribution in [0.15, 0.2) is 24.8 Å². The molecule has 66 valence electrons. The summed E-state index contributed by atoms with van der Waals surface area (Å²) < 4.78 is 0. The number of hydrogen-bond acceptors (Lipinski definition) is 3. The molecule has 3 N–H and O–H groups in total. The lowest BCUT2D eigenvalue weighted by molar-refractivity contribution is -0.134. The molecule has 0 aliphatic rings. The monoisotopic (exact) mass is 184 g/mol. The first-order chi connectivity index (χ1) is 4.73. The molecule has 1 rings (SSSR count). The molecule has 0 spiro atoms. The molecule has 0 saturated carbocycles. The molecule has 1 aromatic heterocycles. The lowest BCUT2D eigenvalue weighted by Crippen LogP contribution is -1.78. The SMILES string of the molecule is CC(=O)O.O.[MgH2].c1cnccn1. The van der Waals surface area contributed by atoms with Crippen molar-refractivity contribution in [1.29, 1.82) is 0 Å². The van der Waals surface area contributed by atoms with E-state index in [9.17, 15) is 0 Å². The highest BCUT2D eigenvalue weighted by molar-refractivity contribution is 5.75. The van der Waals surface area contributed by atoms with Gasteiger partial charge in [0.15, 0.2) is 0 Å². The number of carbonyl (C=O) groups is 1. The standard InChI is InChI=1S/C4H4N2.C2H4O2.Mg.H2O.2H/c1-2-6-4-3-5-1;1-2(3)4;;;;/h1-4H;1H3,(H,3,4);;1H2;;. The molecule has 6 heteroatoms. The van der Waals surface area contributed by atoms with Crippen LogP contribution in [0.4, 0.5) is 0 Å². The minimum absolute atomic E-state index is 0. The van der Waals surface area contributed by atoms with Crippen LogP contribution in [0.5, 0.6) is 0 Å². The zero-order chi connectivity index (χ0) is 7.82. The zero-order valence-corrected chi connectivity index (χ0v) is 6.06. The first-order valence-corrected chi connectivity index (χ1v) is 2.63. The van der Waals surface area contributed by atoms with Crippen LogP contribution in [0, 0.1) is 0 Å². The van der Waals surface area contributed by atoms with Crippen LogP contribution < -0.4 is 0 Å². The predicted octanol–water partition coefficient (Wildman–Crippen LogP) is -1.17. The summed E-state index contributed by atoms with van der Waals surface area (Å²) >= 11 is 0. The predicted molar refractivity (Wildman–Crippen MR) is 47.5 cm³/mol. The molecule has 5 nitrogen and oxygen atoms in total. The summed E-state index contributed by atoms with van der Waals surface area (Å²) in [6.07, 6.45) is 6.56. The van der Waals surface area contributed by atoms with Gasteiger partial charge < -0.3 is 10.6 Å². The Kier molecular flexibility index (Phi) is 18.7. The van der Waals surface area contributed by atoms with Gasteiger partial charge in [0.25, 0.3) is 5.97 Å². The Morgan fingerprint density at radius 3 is 1.42 bits per heavy atom. The minimum atomic E-state index is -0.833. The average Bonchev–Trinajstić information content (AvgIpc) is 1.90. The Hall–Kier alpha value is -0.724. The van der Waals surface area contributed by atoms with Crippen LogP contribution in [0.2, 0.25) is 0 Å². The molecular weight excluding hydrogens is 172 g/mol. The highest BCUT2D eigenvalue weighted by atomic mass is 24.3. The van der Waals surface area contributed by atoms with E-state index in [1.54, 1.807) is 24.8 Å². The molecular formula is C6H12MgN2O3. The Bertz CT molecular complexity index is 153. The molecule has 0 aromatic carbocycles. The molecule has 0 saturated heterocycles. The van der Waals surface area contributed by atoms with E-state index in [1.165, 1.54) is 0 Å². The number of hydrogen-bond donors (Lipinski definition) is 1. The third-order valence-electron chi connectivity index (χ3n) is 0.478. The first kappa shape index (κ1) is 17.4. The second-order valence-corrected chi connectivity index (χ2v) is 1.41. The van der Waals surface area contributed by atoms with Gasteiger partial charge in [-0.25, -0.2) is 0 Å². The van der Waals surface area contributed by atoms with Gasteiger partial charge in [-0.15, -0.1) is 0 Å². The van der Waals surface area contributed by atoms with Gasteiger partial charge in [0.2, 0.25) is 0 Å². The Morgan fingerprint density at radius 2 is 1.33 bits per heavy atom. The van der Waals surface area contributed by atoms with Crippen molar-refractivity contribution in [3.8, 4) is 0 Å². The van der Waals surface area contributed by atoms with Crippen molar-refractivity contribution < 1.29 is 15.4 Å². The van der Waals surface area contributed by atoms with E-state index >= 15 is 0 Å². The van der Waals surface area contributed by atoms with Crippen molar-refractivity contribution in [2.45, 2.75) is 6.92 Å². The van der Waals surface area contributed by atoms with Gasteiger partial charge in [0.05, 0.1) is 0 Å². The lowest BCUT2D eigenvalue weighted by Gasteiger charge is -1.70. The highest BCUT2D eigenvalue weighted by Crippen LogP contribution is 1.65. The van der Waals surface area contributed by atoms with Crippen molar-refractivity contribution in [1.82, 2.24) is 9.97 Å². The van der Waals surface area contributed by atoms with E-state index in [2.05, 4.69) is 9.97 Å². The van der Waals surface area contributed by atoms with Crippen LogP contribution >= 0.6 is 0 Å². The molecule has 0 amide bonds. The molecule has 0 unspecified atom stereocenters. The van der Waals surface area contributed by atoms with Crippen LogP contribution in [0.3, 0.4) is 0 Å². The maximum atomic E-state index is 9.00. The third-order valence-corrected chi connectivity index (χ3v) is 0.478. The topological polar surface area (TPSA) is 94.6 Å². The van der Waals surface area contributed by atoms with Crippen molar-refractivity contribution in [3.05, 3.63) is 24.8 Å². The van der Waals surface area contributed by atoms with Crippen LogP contribution in [0.25, 0.3) is 0 Å². The van der Waals surface area contributed by atoms with Gasteiger partial charge >= 0.3 is 23.1 Å². The fourth-order valence-corrected chi connectivity index (χ4v) is 0.253. The largest absolute Gasteiger partial charge is 0.481 e. The summed E-state index contributed by atoms with van der Waals surface area (Å²) in [5.41, 5.74) is 0. The number of carboxylic acid groups (broad SMARTS) is 1. The van der Waals surface area contributed by atoms with Crippen molar-refractivity contribution in [3.63, 3.8) is 0 Å². The van der Waals surface area contributed by atoms with E-state index in [0.717, 1.165) is 6.92 Å². The van der Waals surface area contributed by atoms with E-state index in [0.29, 0.717) is 0 Å². The Labute approximate surface area is 86.3 Å². The summed E-state index contributed by atoms with van der Waals surface area (Å²) in [5, 5.41) is 7.42. The zero-order valence-electron chi connectivity index (χ0n) is 6.06. The van der Waals surface area contributed by atoms with Crippen LogP contribution in [-0.4, -0.2) is 49.6 Å². The number of aliphatic carboxylic acids is 1. The van der Waals surface area contributed by atoms with Gasteiger partial charge in [-0.2, -0.15) is 0 Å². The number of aromatic nitrogens is 2. The van der Waals surface area contributed by atoms with Crippen molar-refractivity contribution >= 4 is 29.0 Å². The normalized spacial score (nSPS) is 6.08. The second-order valence-electron chi connectivity index (χ2n) is 1.41. The summed E-state index contributed by atoms with van der Waals surface area (Å²) in [4.78, 5) is 16.4. The fraction of sp³-hybridized carbons (Fsp3) is 0.167. The minimum Gasteiger partial charge on any atom is -0.481 e. The summed E-state index contributed by atoms with van der Waals surface area (Å²) in [7, 11) is 0. The van der Waals surface area contributed by atoms with Crippen LogP contribution in [-0.2, 0) is 4.79 Å². The molecule has 1 heterocycles. The van der Waals surface area contributed by atoms with Gasteiger partial charge in [0.1, 0.15) is 0 Å².